The Morgan fingerprint density at radius 1 is 1.36 bits per heavy atom. The van der Waals surface area contributed by atoms with Crippen molar-refractivity contribution in [2.24, 2.45) is 0 Å². The summed E-state index contributed by atoms with van der Waals surface area (Å²) in [5, 5.41) is 5.88. The lowest BCUT2D eigenvalue weighted by molar-refractivity contribution is -0.146. The van der Waals surface area contributed by atoms with Gasteiger partial charge in [-0.3, -0.25) is 14.4 Å². The van der Waals surface area contributed by atoms with Crippen molar-refractivity contribution in [1.29, 1.82) is 0 Å². The normalized spacial score (nSPS) is 27.4. The molecule has 0 aromatic heterocycles. The molecule has 0 spiro atoms. The summed E-state index contributed by atoms with van der Waals surface area (Å²) in [5.74, 6) is -0.572. The van der Waals surface area contributed by atoms with Gasteiger partial charge in [0.1, 0.15) is 12.1 Å². The van der Waals surface area contributed by atoms with Gasteiger partial charge in [-0.1, -0.05) is 23.7 Å². The highest BCUT2D eigenvalue weighted by Gasteiger charge is 2.45. The molecule has 2 heterocycles. The second-order valence-electron chi connectivity index (χ2n) is 5.62. The van der Waals surface area contributed by atoms with E-state index >= 15 is 0 Å². The second-order valence-corrected chi connectivity index (χ2v) is 6.03. The maximum atomic E-state index is 12.3. The van der Waals surface area contributed by atoms with Crippen molar-refractivity contribution in [3.8, 4) is 0 Å². The van der Waals surface area contributed by atoms with Crippen molar-refractivity contribution in [1.82, 2.24) is 15.5 Å². The lowest BCUT2D eigenvalue weighted by Crippen LogP contribution is -2.60. The van der Waals surface area contributed by atoms with Gasteiger partial charge in [-0.25, -0.2) is 0 Å². The fourth-order valence-electron chi connectivity index (χ4n) is 2.96. The first-order chi connectivity index (χ1) is 10.5. The molecule has 0 radical (unpaired) electrons. The molecule has 0 bridgehead atoms. The van der Waals surface area contributed by atoms with Crippen LogP contribution in [-0.4, -0.2) is 47.3 Å². The molecule has 0 unspecified atom stereocenters. The molecule has 7 heteroatoms. The first-order valence-corrected chi connectivity index (χ1v) is 7.51. The molecule has 116 valence electrons. The molecule has 1 aromatic rings. The third-order valence-electron chi connectivity index (χ3n) is 4.07. The summed E-state index contributed by atoms with van der Waals surface area (Å²) in [4.78, 5) is 37.8. The second kappa shape index (κ2) is 5.61. The minimum Gasteiger partial charge on any atom is -0.347 e. The zero-order valence-corrected chi connectivity index (χ0v) is 12.8. The molecule has 6 nitrogen and oxygen atoms in total. The Labute approximate surface area is 132 Å². The summed E-state index contributed by atoms with van der Waals surface area (Å²) < 4.78 is 0. The number of carbonyl (C=O) groups excluding carboxylic acids is 3. The lowest BCUT2D eigenvalue weighted by Gasteiger charge is -2.32. The largest absolute Gasteiger partial charge is 0.347 e. The van der Waals surface area contributed by atoms with Crippen LogP contribution in [0.4, 0.5) is 0 Å². The van der Waals surface area contributed by atoms with Gasteiger partial charge in [0.2, 0.25) is 11.8 Å². The number of fused-ring (bicyclic) bond motifs is 1. The van der Waals surface area contributed by atoms with Gasteiger partial charge in [-0.2, -0.15) is 0 Å². The summed E-state index contributed by atoms with van der Waals surface area (Å²) in [5.41, 5.74) is 0.387. The van der Waals surface area contributed by atoms with Gasteiger partial charge in [0, 0.05) is 12.6 Å². The molecule has 3 atom stereocenters. The highest BCUT2D eigenvalue weighted by atomic mass is 35.5. The quantitative estimate of drug-likeness (QED) is 0.835. The lowest BCUT2D eigenvalue weighted by atomic mass is 10.1. The van der Waals surface area contributed by atoms with Gasteiger partial charge in [-0.15, -0.1) is 0 Å². The molecule has 2 N–H and O–H groups in total. The number of piperazine rings is 1. The van der Waals surface area contributed by atoms with Gasteiger partial charge in [0.25, 0.3) is 5.91 Å². The summed E-state index contributed by atoms with van der Waals surface area (Å²) in [7, 11) is 0. The zero-order chi connectivity index (χ0) is 15.9. The van der Waals surface area contributed by atoms with Crippen LogP contribution in [0.2, 0.25) is 5.02 Å². The van der Waals surface area contributed by atoms with Crippen LogP contribution in [0, 0.1) is 0 Å². The van der Waals surface area contributed by atoms with Crippen LogP contribution >= 0.6 is 11.6 Å². The van der Waals surface area contributed by atoms with Crippen LogP contribution in [0.15, 0.2) is 24.3 Å². The van der Waals surface area contributed by atoms with Gasteiger partial charge >= 0.3 is 0 Å². The number of nitrogens with zero attached hydrogens (tertiary/aromatic N) is 1. The monoisotopic (exact) mass is 321 g/mol. The third kappa shape index (κ3) is 2.54. The smallest absolute Gasteiger partial charge is 0.253 e. The van der Waals surface area contributed by atoms with E-state index in [9.17, 15) is 14.4 Å². The molecule has 2 fully saturated rings. The maximum Gasteiger partial charge on any atom is 0.253 e. The van der Waals surface area contributed by atoms with E-state index in [4.69, 9.17) is 11.6 Å². The highest BCUT2D eigenvalue weighted by molar-refractivity contribution is 6.33. The van der Waals surface area contributed by atoms with E-state index in [1.807, 2.05) is 0 Å². The minimum absolute atomic E-state index is 0.112. The zero-order valence-electron chi connectivity index (χ0n) is 12.0. The SMILES string of the molecule is C[C@H]1NC(=O)[C@@H]2C[C@H](NC(=O)c3ccccc3Cl)CN2C1=O. The van der Waals surface area contributed by atoms with Gasteiger partial charge in [0.15, 0.2) is 0 Å². The van der Waals surface area contributed by atoms with E-state index < -0.39 is 12.1 Å². The number of carbonyl (C=O) groups is 3. The molecule has 22 heavy (non-hydrogen) atoms. The number of rotatable bonds is 2. The predicted octanol–water partition coefficient (Wildman–Crippen LogP) is 0.558. The van der Waals surface area contributed by atoms with E-state index in [0.717, 1.165) is 0 Å². The molecule has 1 aromatic carbocycles. The molecule has 3 amide bonds. The first-order valence-electron chi connectivity index (χ1n) is 7.13. The number of hydrogen-bond donors (Lipinski definition) is 2. The van der Waals surface area contributed by atoms with E-state index in [2.05, 4.69) is 10.6 Å². The predicted molar refractivity (Wildman–Crippen MR) is 80.4 cm³/mol. The average molecular weight is 322 g/mol. The summed E-state index contributed by atoms with van der Waals surface area (Å²) >= 11 is 6.00. The molecule has 0 saturated carbocycles. The van der Waals surface area contributed by atoms with Crippen molar-refractivity contribution in [3.05, 3.63) is 34.9 Å². The number of hydrogen-bond acceptors (Lipinski definition) is 3. The molecular formula is C15H16ClN3O3. The Balaban J connectivity index is 1.71. The van der Waals surface area contributed by atoms with Crippen LogP contribution in [0.5, 0.6) is 0 Å². The molecule has 0 aliphatic carbocycles. The van der Waals surface area contributed by atoms with Crippen LogP contribution in [0.25, 0.3) is 0 Å². The Morgan fingerprint density at radius 3 is 2.82 bits per heavy atom. The summed E-state index contributed by atoms with van der Waals surface area (Å²) in [6, 6.07) is 5.50. The van der Waals surface area contributed by atoms with Crippen LogP contribution < -0.4 is 10.6 Å². The van der Waals surface area contributed by atoms with Gasteiger partial charge < -0.3 is 15.5 Å². The highest BCUT2D eigenvalue weighted by Crippen LogP contribution is 2.23. The minimum atomic E-state index is -0.512. The van der Waals surface area contributed by atoms with Gasteiger partial charge in [0.05, 0.1) is 10.6 Å². The number of benzene rings is 1. The van der Waals surface area contributed by atoms with Crippen LogP contribution in [-0.2, 0) is 9.59 Å². The third-order valence-corrected chi connectivity index (χ3v) is 4.40. The Morgan fingerprint density at radius 2 is 2.09 bits per heavy atom. The summed E-state index contributed by atoms with van der Waals surface area (Å²) in [6.45, 7) is 2.00. The molecular weight excluding hydrogens is 306 g/mol. The Bertz CT molecular complexity index is 649. The van der Waals surface area contributed by atoms with Crippen LogP contribution in [0.3, 0.4) is 0 Å². The first kappa shape index (κ1) is 14.8. The van der Waals surface area contributed by atoms with E-state index in [-0.39, 0.29) is 23.8 Å². The van der Waals surface area contributed by atoms with Gasteiger partial charge in [-0.05, 0) is 25.5 Å². The standard InChI is InChI=1S/C15H16ClN3O3/c1-8-15(22)19-7-9(6-12(19)14(21)17-8)18-13(20)10-4-2-3-5-11(10)16/h2-5,8-9,12H,6-7H2,1H3,(H,17,21)(H,18,20)/t8-,9+,12+/m1/s1. The van der Waals surface area contributed by atoms with E-state index in [0.29, 0.717) is 23.6 Å². The molecule has 2 aliphatic rings. The Hall–Kier alpha value is -2.08. The van der Waals surface area contributed by atoms with Crippen molar-refractivity contribution in [2.75, 3.05) is 6.54 Å². The fourth-order valence-corrected chi connectivity index (χ4v) is 3.18. The van der Waals surface area contributed by atoms with Crippen molar-refractivity contribution in [2.45, 2.75) is 31.5 Å². The van der Waals surface area contributed by atoms with Crippen molar-refractivity contribution >= 4 is 29.3 Å². The Kier molecular flexibility index (Phi) is 3.78. The number of halogens is 1. The topological polar surface area (TPSA) is 78.5 Å². The van der Waals surface area contributed by atoms with Crippen LogP contribution in [0.1, 0.15) is 23.7 Å². The van der Waals surface area contributed by atoms with Crippen molar-refractivity contribution < 1.29 is 14.4 Å². The van der Waals surface area contributed by atoms with E-state index in [1.165, 1.54) is 0 Å². The average Bonchev–Trinajstić information content (AvgIpc) is 2.90. The molecule has 2 saturated heterocycles. The van der Waals surface area contributed by atoms with Crippen molar-refractivity contribution in [3.63, 3.8) is 0 Å². The maximum absolute atomic E-state index is 12.3. The molecule has 3 rings (SSSR count). The fraction of sp³-hybridized carbons (Fsp3) is 0.400. The number of nitrogens with one attached hydrogen (secondary N) is 2. The summed E-state index contributed by atoms with van der Waals surface area (Å²) in [6.07, 6.45) is 0.417. The number of amides is 3. The van der Waals surface area contributed by atoms with E-state index in [1.54, 1.807) is 36.1 Å². The molecule has 2 aliphatic heterocycles.